The Kier molecular flexibility index (Phi) is 5.91. The number of H-pyrrole nitrogens is 1. The Hall–Kier alpha value is -0.480. The van der Waals surface area contributed by atoms with E-state index in [2.05, 4.69) is 43.0 Å². The Morgan fingerprint density at radius 3 is 2.75 bits per heavy atom. The van der Waals surface area contributed by atoms with Crippen LogP contribution in [-0.4, -0.2) is 21.8 Å². The first kappa shape index (κ1) is 13.6. The van der Waals surface area contributed by atoms with Crippen molar-refractivity contribution in [2.75, 3.05) is 5.75 Å². The second-order valence-electron chi connectivity index (χ2n) is 4.80. The fraction of sp³-hybridized carbons (Fsp3) is 0.750. The van der Waals surface area contributed by atoms with Crippen molar-refractivity contribution >= 4 is 11.8 Å². The van der Waals surface area contributed by atoms with Crippen molar-refractivity contribution in [2.24, 2.45) is 5.92 Å². The Morgan fingerprint density at radius 1 is 1.38 bits per heavy atom. The van der Waals surface area contributed by atoms with E-state index in [0.29, 0.717) is 6.04 Å². The number of rotatable bonds is 7. The van der Waals surface area contributed by atoms with Crippen LogP contribution in [0.3, 0.4) is 0 Å². The van der Waals surface area contributed by atoms with E-state index in [-0.39, 0.29) is 0 Å². The van der Waals surface area contributed by atoms with Gasteiger partial charge in [-0.25, -0.2) is 4.98 Å². The summed E-state index contributed by atoms with van der Waals surface area (Å²) in [5, 5.41) is 3.37. The summed E-state index contributed by atoms with van der Waals surface area (Å²) < 4.78 is 0. The highest BCUT2D eigenvalue weighted by molar-refractivity contribution is 7.98. The maximum Gasteiger partial charge on any atom is 0.116 e. The fourth-order valence-electron chi connectivity index (χ4n) is 1.27. The van der Waals surface area contributed by atoms with Crippen LogP contribution >= 0.6 is 11.8 Å². The van der Waals surface area contributed by atoms with Crippen molar-refractivity contribution in [1.82, 2.24) is 15.3 Å². The molecule has 0 aliphatic heterocycles. The van der Waals surface area contributed by atoms with Crippen LogP contribution in [0, 0.1) is 5.92 Å². The highest BCUT2D eigenvalue weighted by Crippen LogP contribution is 2.13. The summed E-state index contributed by atoms with van der Waals surface area (Å²) in [6.45, 7) is 9.66. The monoisotopic (exact) mass is 241 g/mol. The first-order valence-electron chi connectivity index (χ1n) is 5.91. The molecule has 92 valence electrons. The smallest absolute Gasteiger partial charge is 0.116 e. The second-order valence-corrected chi connectivity index (χ2v) is 5.83. The van der Waals surface area contributed by atoms with Gasteiger partial charge in [0.15, 0.2) is 0 Å². The third-order valence-electron chi connectivity index (χ3n) is 2.07. The zero-order valence-corrected chi connectivity index (χ0v) is 11.5. The summed E-state index contributed by atoms with van der Waals surface area (Å²) in [6.07, 6.45) is 1.93. The number of thioether (sulfide) groups is 1. The van der Waals surface area contributed by atoms with Gasteiger partial charge in [0.05, 0.1) is 5.75 Å². The van der Waals surface area contributed by atoms with Crippen LogP contribution in [0.1, 0.15) is 39.2 Å². The molecule has 3 nitrogen and oxygen atoms in total. The van der Waals surface area contributed by atoms with E-state index in [4.69, 9.17) is 0 Å². The molecule has 1 heterocycles. The molecule has 1 aromatic rings. The zero-order chi connectivity index (χ0) is 12.0. The quantitative estimate of drug-likeness (QED) is 0.771. The Labute approximate surface area is 103 Å². The van der Waals surface area contributed by atoms with E-state index < -0.39 is 0 Å². The minimum absolute atomic E-state index is 0.516. The van der Waals surface area contributed by atoms with Gasteiger partial charge in [-0.05, 0) is 11.7 Å². The molecule has 4 heteroatoms. The molecule has 0 saturated carbocycles. The number of nitrogens with one attached hydrogen (secondary N) is 2. The van der Waals surface area contributed by atoms with Gasteiger partial charge in [0.25, 0.3) is 0 Å². The standard InChI is InChI=1S/C12H23N3S/c1-9(2)7-16-8-12-14-6-11(15-12)5-13-10(3)4/h6,9-10,13H,5,7-8H2,1-4H3,(H,14,15). The molecule has 0 radical (unpaired) electrons. The molecule has 0 atom stereocenters. The number of hydrogen-bond acceptors (Lipinski definition) is 3. The Morgan fingerprint density at radius 2 is 2.12 bits per heavy atom. The lowest BCUT2D eigenvalue weighted by Crippen LogP contribution is -2.21. The third-order valence-corrected chi connectivity index (χ3v) is 3.45. The zero-order valence-electron chi connectivity index (χ0n) is 10.7. The summed E-state index contributed by atoms with van der Waals surface area (Å²) in [7, 11) is 0. The van der Waals surface area contributed by atoms with Crippen molar-refractivity contribution < 1.29 is 0 Å². The van der Waals surface area contributed by atoms with Crippen LogP contribution < -0.4 is 5.32 Å². The van der Waals surface area contributed by atoms with Gasteiger partial charge in [-0.2, -0.15) is 11.8 Å². The first-order valence-corrected chi connectivity index (χ1v) is 7.07. The molecule has 0 spiro atoms. The van der Waals surface area contributed by atoms with Gasteiger partial charge in [0.1, 0.15) is 5.82 Å². The van der Waals surface area contributed by atoms with Gasteiger partial charge in [-0.1, -0.05) is 27.7 Å². The summed E-state index contributed by atoms with van der Waals surface area (Å²) >= 11 is 1.94. The summed E-state index contributed by atoms with van der Waals surface area (Å²) in [5.41, 5.74) is 1.17. The Balaban J connectivity index is 2.28. The normalized spacial score (nSPS) is 11.6. The molecule has 1 rings (SSSR count). The average molecular weight is 241 g/mol. The number of nitrogens with zero attached hydrogens (tertiary/aromatic N) is 1. The van der Waals surface area contributed by atoms with E-state index in [9.17, 15) is 0 Å². The number of aromatic nitrogens is 2. The van der Waals surface area contributed by atoms with E-state index in [1.807, 2.05) is 18.0 Å². The van der Waals surface area contributed by atoms with Crippen LogP contribution in [0.4, 0.5) is 0 Å². The van der Waals surface area contributed by atoms with Crippen molar-refractivity contribution in [3.63, 3.8) is 0 Å². The van der Waals surface area contributed by atoms with Crippen molar-refractivity contribution in [1.29, 1.82) is 0 Å². The highest BCUT2D eigenvalue weighted by Gasteiger charge is 2.02. The van der Waals surface area contributed by atoms with Crippen molar-refractivity contribution in [3.8, 4) is 0 Å². The average Bonchev–Trinajstić information content (AvgIpc) is 2.62. The van der Waals surface area contributed by atoms with Crippen LogP contribution in [0.5, 0.6) is 0 Å². The highest BCUT2D eigenvalue weighted by atomic mass is 32.2. The molecule has 0 amide bonds. The van der Waals surface area contributed by atoms with Gasteiger partial charge in [0.2, 0.25) is 0 Å². The number of hydrogen-bond donors (Lipinski definition) is 2. The second kappa shape index (κ2) is 6.97. The van der Waals surface area contributed by atoms with Crippen LogP contribution in [0.25, 0.3) is 0 Å². The number of aromatic amines is 1. The predicted molar refractivity (Wildman–Crippen MR) is 71.6 cm³/mol. The predicted octanol–water partition coefficient (Wildman–Crippen LogP) is 2.80. The fourth-order valence-corrected chi connectivity index (χ4v) is 2.20. The lowest BCUT2D eigenvalue weighted by Gasteiger charge is -2.05. The Bertz CT molecular complexity index is 294. The molecule has 1 aromatic heterocycles. The molecule has 2 N–H and O–H groups in total. The van der Waals surface area contributed by atoms with Gasteiger partial charge in [0, 0.05) is 24.5 Å². The van der Waals surface area contributed by atoms with Crippen molar-refractivity contribution in [3.05, 3.63) is 17.7 Å². The maximum absolute atomic E-state index is 4.37. The van der Waals surface area contributed by atoms with E-state index in [1.165, 1.54) is 11.4 Å². The SMILES string of the molecule is CC(C)CSCc1ncc(CNC(C)C)[nH]1. The third kappa shape index (κ3) is 5.56. The minimum Gasteiger partial charge on any atom is -0.344 e. The van der Waals surface area contributed by atoms with Crippen molar-refractivity contribution in [2.45, 2.75) is 46.0 Å². The molecule has 0 unspecified atom stereocenters. The topological polar surface area (TPSA) is 40.7 Å². The van der Waals surface area contributed by atoms with Crippen LogP contribution in [-0.2, 0) is 12.3 Å². The number of imidazole rings is 1. The molecule has 0 fully saturated rings. The summed E-state index contributed by atoms with van der Waals surface area (Å²) in [5.74, 6) is 4.02. The first-order chi connectivity index (χ1) is 7.58. The van der Waals surface area contributed by atoms with Gasteiger partial charge in [-0.15, -0.1) is 0 Å². The minimum atomic E-state index is 0.516. The molecule has 0 aromatic carbocycles. The van der Waals surface area contributed by atoms with E-state index in [0.717, 1.165) is 24.0 Å². The van der Waals surface area contributed by atoms with Crippen LogP contribution in [0.2, 0.25) is 0 Å². The summed E-state index contributed by atoms with van der Waals surface area (Å²) in [4.78, 5) is 7.72. The lowest BCUT2D eigenvalue weighted by molar-refractivity contribution is 0.582. The maximum atomic E-state index is 4.37. The lowest BCUT2D eigenvalue weighted by atomic mass is 10.3. The molecule has 0 saturated heterocycles. The molecule has 0 bridgehead atoms. The molecular formula is C12H23N3S. The molecular weight excluding hydrogens is 218 g/mol. The van der Waals surface area contributed by atoms with Gasteiger partial charge in [-0.3, -0.25) is 0 Å². The summed E-state index contributed by atoms with van der Waals surface area (Å²) in [6, 6.07) is 0.516. The van der Waals surface area contributed by atoms with E-state index in [1.54, 1.807) is 0 Å². The van der Waals surface area contributed by atoms with Gasteiger partial charge >= 0.3 is 0 Å². The molecule has 0 aliphatic rings. The van der Waals surface area contributed by atoms with E-state index >= 15 is 0 Å². The molecule has 0 aliphatic carbocycles. The molecule has 16 heavy (non-hydrogen) atoms. The van der Waals surface area contributed by atoms with Gasteiger partial charge < -0.3 is 10.3 Å². The van der Waals surface area contributed by atoms with Crippen LogP contribution in [0.15, 0.2) is 6.20 Å². The largest absolute Gasteiger partial charge is 0.344 e.